The summed E-state index contributed by atoms with van der Waals surface area (Å²) in [5.41, 5.74) is 7.28. The van der Waals surface area contributed by atoms with E-state index in [0.29, 0.717) is 25.1 Å². The van der Waals surface area contributed by atoms with E-state index in [9.17, 15) is 14.7 Å². The lowest BCUT2D eigenvalue weighted by molar-refractivity contribution is -0.142. The minimum Gasteiger partial charge on any atom is -0.480 e. The zero-order chi connectivity index (χ0) is 17.5. The van der Waals surface area contributed by atoms with Gasteiger partial charge in [0.1, 0.15) is 6.04 Å². The van der Waals surface area contributed by atoms with Gasteiger partial charge in [-0.1, -0.05) is 18.2 Å². The third-order valence-electron chi connectivity index (χ3n) is 4.06. The Labute approximate surface area is 146 Å². The Balaban J connectivity index is 2.09. The Morgan fingerprint density at radius 3 is 2.75 bits per heavy atom. The second-order valence-electron chi connectivity index (χ2n) is 5.77. The van der Waals surface area contributed by atoms with Crippen molar-refractivity contribution < 1.29 is 14.7 Å². The first-order valence-electron chi connectivity index (χ1n) is 7.96. The van der Waals surface area contributed by atoms with Crippen LogP contribution in [0.25, 0.3) is 10.9 Å². The number of para-hydroxylation sites is 1. The molecule has 1 aromatic carbocycles. The van der Waals surface area contributed by atoms with Gasteiger partial charge in [-0.25, -0.2) is 4.79 Å². The lowest BCUT2D eigenvalue weighted by Crippen LogP contribution is -2.45. The number of aliphatic carboxylic acids is 1. The van der Waals surface area contributed by atoms with Gasteiger partial charge in [0.05, 0.1) is 0 Å². The second-order valence-corrected chi connectivity index (χ2v) is 6.14. The number of benzene rings is 1. The number of nitrogens with one attached hydrogen (secondary N) is 2. The van der Waals surface area contributed by atoms with E-state index < -0.39 is 12.0 Å². The Hall–Kier alpha value is -1.99. The highest BCUT2D eigenvalue weighted by molar-refractivity contribution is 7.80. The molecule has 0 bridgehead atoms. The normalized spacial score (nSPS) is 13.6. The van der Waals surface area contributed by atoms with Crippen molar-refractivity contribution in [1.82, 2.24) is 10.3 Å². The van der Waals surface area contributed by atoms with E-state index in [0.717, 1.165) is 16.5 Å². The summed E-state index contributed by atoms with van der Waals surface area (Å²) in [6.45, 7) is 0.495. The molecule has 0 aliphatic rings. The van der Waals surface area contributed by atoms with Crippen LogP contribution in [0.1, 0.15) is 18.4 Å². The van der Waals surface area contributed by atoms with E-state index in [1.54, 1.807) is 6.20 Å². The zero-order valence-corrected chi connectivity index (χ0v) is 14.3. The number of fused-ring (bicyclic) bond motifs is 1. The zero-order valence-electron chi connectivity index (χ0n) is 13.4. The number of H-pyrrole nitrogens is 1. The lowest BCUT2D eigenvalue weighted by atomic mass is 10.0. The van der Waals surface area contributed by atoms with Crippen LogP contribution < -0.4 is 11.1 Å². The number of carbonyl (C=O) groups excluding carboxylic acids is 1. The molecule has 130 valence electrons. The molecule has 0 saturated heterocycles. The average Bonchev–Trinajstić information content (AvgIpc) is 2.98. The molecule has 1 amide bonds. The smallest absolute Gasteiger partial charge is 0.326 e. The first kappa shape index (κ1) is 18.4. The van der Waals surface area contributed by atoms with Gasteiger partial charge in [-0.3, -0.25) is 4.79 Å². The highest BCUT2D eigenvalue weighted by Gasteiger charge is 2.25. The molecular weight excluding hydrogens is 326 g/mol. The van der Waals surface area contributed by atoms with Gasteiger partial charge in [-0.2, -0.15) is 12.6 Å². The molecule has 1 aromatic heterocycles. The number of carboxylic acids is 1. The largest absolute Gasteiger partial charge is 0.480 e. The van der Waals surface area contributed by atoms with Crippen LogP contribution in [0.5, 0.6) is 0 Å². The number of hydrogen-bond acceptors (Lipinski definition) is 4. The maximum Gasteiger partial charge on any atom is 0.326 e. The van der Waals surface area contributed by atoms with Crippen molar-refractivity contribution in [2.45, 2.75) is 25.3 Å². The minimum absolute atomic E-state index is 0.223. The van der Waals surface area contributed by atoms with E-state index in [4.69, 9.17) is 5.73 Å². The highest BCUT2D eigenvalue weighted by atomic mass is 32.1. The molecule has 5 N–H and O–H groups in total. The van der Waals surface area contributed by atoms with E-state index in [-0.39, 0.29) is 18.2 Å². The summed E-state index contributed by atoms with van der Waals surface area (Å²) in [6.07, 6.45) is 3.32. The third kappa shape index (κ3) is 4.52. The number of aromatic amines is 1. The first-order chi connectivity index (χ1) is 11.6. The SMILES string of the molecule is NCCCC(CS)C(=O)N[C@@H](Cc1c[nH]c2ccccc12)C(=O)O. The van der Waals surface area contributed by atoms with Gasteiger partial charge in [-0.15, -0.1) is 0 Å². The van der Waals surface area contributed by atoms with Gasteiger partial charge in [0.15, 0.2) is 0 Å². The summed E-state index contributed by atoms with van der Waals surface area (Å²) in [6, 6.07) is 6.69. The number of carboxylic acid groups (broad SMARTS) is 1. The summed E-state index contributed by atoms with van der Waals surface area (Å²) in [5.74, 6) is -1.30. The predicted molar refractivity (Wildman–Crippen MR) is 97.2 cm³/mol. The van der Waals surface area contributed by atoms with Crippen LogP contribution >= 0.6 is 12.6 Å². The minimum atomic E-state index is -1.05. The second kappa shape index (κ2) is 8.75. The summed E-state index contributed by atoms with van der Waals surface area (Å²) < 4.78 is 0. The number of carbonyl (C=O) groups is 2. The molecule has 2 rings (SSSR count). The Morgan fingerprint density at radius 1 is 1.33 bits per heavy atom. The summed E-state index contributed by atoms with van der Waals surface area (Å²) in [7, 11) is 0. The van der Waals surface area contributed by atoms with Crippen molar-refractivity contribution in [3.05, 3.63) is 36.0 Å². The molecule has 6 nitrogen and oxygen atoms in total. The molecule has 0 aliphatic heterocycles. The van der Waals surface area contributed by atoms with Gasteiger partial charge in [0.25, 0.3) is 0 Å². The monoisotopic (exact) mass is 349 g/mol. The van der Waals surface area contributed by atoms with Crippen LogP contribution in [0.3, 0.4) is 0 Å². The third-order valence-corrected chi connectivity index (χ3v) is 4.50. The van der Waals surface area contributed by atoms with Gasteiger partial charge in [-0.05, 0) is 31.0 Å². The molecule has 1 heterocycles. The van der Waals surface area contributed by atoms with Crippen molar-refractivity contribution >= 4 is 35.4 Å². The molecule has 0 saturated carbocycles. The molecule has 0 fully saturated rings. The molecular formula is C17H23N3O3S. The van der Waals surface area contributed by atoms with Gasteiger partial charge in [0, 0.05) is 35.2 Å². The van der Waals surface area contributed by atoms with Crippen LogP contribution in [-0.4, -0.2) is 40.3 Å². The summed E-state index contributed by atoms with van der Waals surface area (Å²) in [5, 5.41) is 13.1. The Kier molecular flexibility index (Phi) is 6.69. The van der Waals surface area contributed by atoms with Crippen LogP contribution in [0.15, 0.2) is 30.5 Å². The van der Waals surface area contributed by atoms with Crippen molar-refractivity contribution in [1.29, 1.82) is 0 Å². The number of amides is 1. The van der Waals surface area contributed by atoms with Crippen molar-refractivity contribution in [2.24, 2.45) is 11.7 Å². The Bertz CT molecular complexity index is 701. The highest BCUT2D eigenvalue weighted by Crippen LogP contribution is 2.19. The number of aromatic nitrogens is 1. The molecule has 0 aliphatic carbocycles. The lowest BCUT2D eigenvalue weighted by Gasteiger charge is -2.19. The van der Waals surface area contributed by atoms with Crippen molar-refractivity contribution in [3.63, 3.8) is 0 Å². The first-order valence-corrected chi connectivity index (χ1v) is 8.59. The number of thiol groups is 1. The molecule has 0 radical (unpaired) electrons. The standard InChI is InChI=1S/C17H23N3O3S/c18-7-3-4-11(10-24)16(21)20-15(17(22)23)8-12-9-19-14-6-2-1-5-13(12)14/h1-2,5-6,9,11,15,19,24H,3-4,7-8,10,18H2,(H,20,21)(H,22,23)/t11?,15-/m0/s1. The number of rotatable bonds is 9. The number of hydrogen-bond donors (Lipinski definition) is 5. The number of nitrogens with two attached hydrogens (primary N) is 1. The molecule has 2 atom stereocenters. The molecule has 24 heavy (non-hydrogen) atoms. The van der Waals surface area contributed by atoms with Gasteiger partial charge in [0.2, 0.25) is 5.91 Å². The van der Waals surface area contributed by atoms with E-state index >= 15 is 0 Å². The van der Waals surface area contributed by atoms with Crippen LogP contribution in [0.4, 0.5) is 0 Å². The molecule has 2 aromatic rings. The van der Waals surface area contributed by atoms with Crippen molar-refractivity contribution in [2.75, 3.05) is 12.3 Å². The predicted octanol–water partition coefficient (Wildman–Crippen LogP) is 1.56. The maximum absolute atomic E-state index is 12.3. The van der Waals surface area contributed by atoms with Gasteiger partial charge >= 0.3 is 5.97 Å². The van der Waals surface area contributed by atoms with Crippen LogP contribution in [0.2, 0.25) is 0 Å². The summed E-state index contributed by atoms with van der Waals surface area (Å²) in [4.78, 5) is 27.0. The van der Waals surface area contributed by atoms with Crippen molar-refractivity contribution in [3.8, 4) is 0 Å². The fraction of sp³-hybridized carbons (Fsp3) is 0.412. The average molecular weight is 349 g/mol. The fourth-order valence-corrected chi connectivity index (χ4v) is 3.03. The molecule has 0 spiro atoms. The molecule has 1 unspecified atom stereocenters. The van der Waals surface area contributed by atoms with Crippen LogP contribution in [0, 0.1) is 5.92 Å². The topological polar surface area (TPSA) is 108 Å². The fourth-order valence-electron chi connectivity index (χ4n) is 2.68. The van der Waals surface area contributed by atoms with E-state index in [1.807, 2.05) is 24.3 Å². The maximum atomic E-state index is 12.3. The van der Waals surface area contributed by atoms with Crippen LogP contribution in [-0.2, 0) is 16.0 Å². The van der Waals surface area contributed by atoms with E-state index in [2.05, 4.69) is 22.9 Å². The quantitative estimate of drug-likeness (QED) is 0.443. The summed E-state index contributed by atoms with van der Waals surface area (Å²) >= 11 is 4.19. The molecule has 7 heteroatoms. The Morgan fingerprint density at radius 2 is 2.08 bits per heavy atom. The van der Waals surface area contributed by atoms with Gasteiger partial charge < -0.3 is 21.1 Å². The van der Waals surface area contributed by atoms with E-state index in [1.165, 1.54) is 0 Å².